The molecule has 2 saturated heterocycles. The number of amides is 3. The van der Waals surface area contributed by atoms with Gasteiger partial charge in [0.1, 0.15) is 18.1 Å². The third-order valence-electron chi connectivity index (χ3n) is 5.51. The molecule has 0 unspecified atom stereocenters. The van der Waals surface area contributed by atoms with Gasteiger partial charge in [-0.1, -0.05) is 30.5 Å². The molecule has 0 radical (unpaired) electrons. The number of benzene rings is 1. The fourth-order valence-corrected chi connectivity index (χ4v) is 4.83. The zero-order valence-electron chi connectivity index (χ0n) is 17.6. The second-order valence-corrected chi connectivity index (χ2v) is 9.17. The first-order valence-corrected chi connectivity index (χ1v) is 11.7. The molecule has 0 spiro atoms. The number of carbonyl (C=O) groups is 4. The summed E-state index contributed by atoms with van der Waals surface area (Å²) in [6.07, 6.45) is 5.47. The second-order valence-electron chi connectivity index (χ2n) is 7.76. The van der Waals surface area contributed by atoms with E-state index in [1.807, 2.05) is 0 Å². The van der Waals surface area contributed by atoms with Crippen molar-refractivity contribution in [3.63, 3.8) is 0 Å². The number of likely N-dealkylation sites (tertiary alicyclic amines) is 1. The Balaban J connectivity index is 1.47. The van der Waals surface area contributed by atoms with Gasteiger partial charge in [-0.05, 0) is 48.9 Å². The molecule has 10 heteroatoms. The molecule has 1 N–H and O–H groups in total. The number of carboxylic acid groups (broad SMARTS) is 1. The fourth-order valence-electron chi connectivity index (χ4n) is 3.75. The highest BCUT2D eigenvalue weighted by Crippen LogP contribution is 2.34. The van der Waals surface area contributed by atoms with E-state index in [4.69, 9.17) is 21.1 Å². The summed E-state index contributed by atoms with van der Waals surface area (Å²) in [4.78, 5) is 51.7. The molecular formula is C23H21ClN2O6S. The van der Waals surface area contributed by atoms with E-state index in [9.17, 15) is 19.2 Å². The quantitative estimate of drug-likeness (QED) is 0.605. The number of hydrogen-bond acceptors (Lipinski definition) is 6. The van der Waals surface area contributed by atoms with Crippen molar-refractivity contribution in [3.05, 3.63) is 51.6 Å². The lowest BCUT2D eigenvalue weighted by atomic mass is 10.1. The summed E-state index contributed by atoms with van der Waals surface area (Å²) in [6.45, 7) is 1.04. The lowest BCUT2D eigenvalue weighted by molar-refractivity contribution is -0.135. The monoisotopic (exact) mass is 488 g/mol. The van der Waals surface area contributed by atoms with Gasteiger partial charge in [-0.15, -0.1) is 0 Å². The minimum atomic E-state index is -1.13. The molecule has 3 heterocycles. The predicted molar refractivity (Wildman–Crippen MR) is 124 cm³/mol. The Morgan fingerprint density at radius 2 is 1.82 bits per heavy atom. The van der Waals surface area contributed by atoms with Gasteiger partial charge in [0.15, 0.2) is 0 Å². The minimum Gasteiger partial charge on any atom is -0.478 e. The van der Waals surface area contributed by atoms with Crippen LogP contribution in [0.15, 0.2) is 39.7 Å². The first-order valence-electron chi connectivity index (χ1n) is 10.5. The molecule has 3 amide bonds. The SMILES string of the molecule is O=C(O)c1ccc(-c2ccc(C=C3SC(=O)N(CC(=O)N4CCCCCC4)C3=O)o2)cc1Cl. The van der Waals surface area contributed by atoms with Gasteiger partial charge in [0, 0.05) is 24.7 Å². The third-order valence-corrected chi connectivity index (χ3v) is 6.73. The Morgan fingerprint density at radius 1 is 1.09 bits per heavy atom. The van der Waals surface area contributed by atoms with Crippen LogP contribution in [0.4, 0.5) is 4.79 Å². The highest BCUT2D eigenvalue weighted by atomic mass is 35.5. The maximum atomic E-state index is 12.8. The van der Waals surface area contributed by atoms with Gasteiger partial charge in [-0.2, -0.15) is 0 Å². The summed E-state index contributed by atoms with van der Waals surface area (Å²) < 4.78 is 5.74. The van der Waals surface area contributed by atoms with E-state index in [0.717, 1.165) is 42.3 Å². The normalized spacial score (nSPS) is 18.2. The lowest BCUT2D eigenvalue weighted by Gasteiger charge is -2.22. The number of rotatable bonds is 5. The van der Waals surface area contributed by atoms with Crippen molar-refractivity contribution in [3.8, 4) is 11.3 Å². The largest absolute Gasteiger partial charge is 0.478 e. The Bertz CT molecular complexity index is 1150. The molecule has 4 rings (SSSR count). The number of carbonyl (C=O) groups excluding carboxylic acids is 3. The van der Waals surface area contributed by atoms with Crippen LogP contribution in [0, 0.1) is 0 Å². The van der Waals surface area contributed by atoms with Crippen LogP contribution in [-0.2, 0) is 9.59 Å². The maximum absolute atomic E-state index is 12.8. The zero-order valence-corrected chi connectivity index (χ0v) is 19.2. The predicted octanol–water partition coefficient (Wildman–Crippen LogP) is 4.74. The molecule has 2 fully saturated rings. The Labute approximate surface area is 199 Å². The first-order chi connectivity index (χ1) is 15.8. The lowest BCUT2D eigenvalue weighted by Crippen LogP contribution is -2.42. The molecule has 1 aromatic carbocycles. The molecule has 0 atom stereocenters. The summed E-state index contributed by atoms with van der Waals surface area (Å²) >= 11 is 6.78. The zero-order chi connectivity index (χ0) is 23.5. The van der Waals surface area contributed by atoms with Crippen LogP contribution < -0.4 is 0 Å². The highest BCUT2D eigenvalue weighted by Gasteiger charge is 2.37. The van der Waals surface area contributed by atoms with E-state index < -0.39 is 17.1 Å². The summed E-state index contributed by atoms with van der Waals surface area (Å²) in [7, 11) is 0. The smallest absolute Gasteiger partial charge is 0.337 e. The van der Waals surface area contributed by atoms with Gasteiger partial charge in [0.05, 0.1) is 15.5 Å². The number of carboxylic acids is 1. The number of nitrogens with zero attached hydrogens (tertiary/aromatic N) is 2. The fraction of sp³-hybridized carbons (Fsp3) is 0.304. The molecular weight excluding hydrogens is 468 g/mol. The van der Waals surface area contributed by atoms with E-state index in [1.165, 1.54) is 18.2 Å². The Morgan fingerprint density at radius 3 is 2.48 bits per heavy atom. The van der Waals surface area contributed by atoms with Gasteiger partial charge in [-0.25, -0.2) is 4.79 Å². The van der Waals surface area contributed by atoms with E-state index >= 15 is 0 Å². The average Bonchev–Trinajstić information content (AvgIpc) is 3.21. The van der Waals surface area contributed by atoms with Crippen molar-refractivity contribution in [1.82, 2.24) is 9.80 Å². The molecule has 2 aliphatic heterocycles. The van der Waals surface area contributed by atoms with Crippen molar-refractivity contribution in [2.24, 2.45) is 0 Å². The van der Waals surface area contributed by atoms with Crippen molar-refractivity contribution >= 4 is 52.5 Å². The number of imide groups is 1. The van der Waals surface area contributed by atoms with E-state index in [-0.39, 0.29) is 27.9 Å². The molecule has 0 aliphatic carbocycles. The van der Waals surface area contributed by atoms with Crippen molar-refractivity contribution in [2.75, 3.05) is 19.6 Å². The summed E-state index contributed by atoms with van der Waals surface area (Å²) in [6, 6.07) is 7.72. The number of hydrogen-bond donors (Lipinski definition) is 1. The molecule has 1 aromatic heterocycles. The topological polar surface area (TPSA) is 108 Å². The van der Waals surface area contributed by atoms with Crippen LogP contribution in [-0.4, -0.2) is 57.6 Å². The standard InChI is InChI=1S/C23H21ClN2O6S/c24-17-11-14(5-7-16(17)22(29)30)18-8-6-15(32-18)12-19-21(28)26(23(31)33-19)13-20(27)25-9-3-1-2-4-10-25/h5-8,11-12H,1-4,9-10,13H2,(H,29,30). The van der Waals surface area contributed by atoms with Crippen LogP contribution in [0.1, 0.15) is 41.8 Å². The van der Waals surface area contributed by atoms with E-state index in [2.05, 4.69) is 0 Å². The average molecular weight is 489 g/mol. The van der Waals surface area contributed by atoms with Crippen molar-refractivity contribution in [2.45, 2.75) is 25.7 Å². The summed E-state index contributed by atoms with van der Waals surface area (Å²) in [5.74, 6) is -1.11. The summed E-state index contributed by atoms with van der Waals surface area (Å²) in [5, 5.41) is 8.68. The number of aromatic carboxylic acids is 1. The van der Waals surface area contributed by atoms with Gasteiger partial charge in [0.25, 0.3) is 11.1 Å². The van der Waals surface area contributed by atoms with Gasteiger partial charge in [0.2, 0.25) is 5.91 Å². The summed E-state index contributed by atoms with van der Waals surface area (Å²) in [5.41, 5.74) is 0.552. The van der Waals surface area contributed by atoms with Crippen LogP contribution in [0.25, 0.3) is 17.4 Å². The Hall–Kier alpha value is -3.04. The molecule has 8 nitrogen and oxygen atoms in total. The first kappa shape index (κ1) is 23.1. The van der Waals surface area contributed by atoms with Gasteiger partial charge < -0.3 is 14.4 Å². The van der Waals surface area contributed by atoms with Crippen molar-refractivity contribution < 1.29 is 28.7 Å². The molecule has 0 saturated carbocycles. The maximum Gasteiger partial charge on any atom is 0.337 e. The highest BCUT2D eigenvalue weighted by molar-refractivity contribution is 8.18. The molecule has 172 valence electrons. The van der Waals surface area contributed by atoms with Crippen LogP contribution in [0.5, 0.6) is 0 Å². The molecule has 2 aromatic rings. The van der Waals surface area contributed by atoms with Crippen LogP contribution >= 0.6 is 23.4 Å². The number of halogens is 1. The molecule has 0 bridgehead atoms. The second kappa shape index (κ2) is 9.84. The Kier molecular flexibility index (Phi) is 6.90. The number of thioether (sulfide) groups is 1. The van der Waals surface area contributed by atoms with Crippen LogP contribution in [0.2, 0.25) is 5.02 Å². The van der Waals surface area contributed by atoms with E-state index in [1.54, 1.807) is 23.1 Å². The van der Waals surface area contributed by atoms with Crippen LogP contribution in [0.3, 0.4) is 0 Å². The molecule has 33 heavy (non-hydrogen) atoms. The van der Waals surface area contributed by atoms with Gasteiger partial charge >= 0.3 is 5.97 Å². The minimum absolute atomic E-state index is 0.0180. The third kappa shape index (κ3) is 5.15. The number of furan rings is 1. The molecule has 2 aliphatic rings. The van der Waals surface area contributed by atoms with E-state index in [0.29, 0.717) is 30.2 Å². The van der Waals surface area contributed by atoms with Gasteiger partial charge in [-0.3, -0.25) is 19.3 Å². The van der Waals surface area contributed by atoms with Crippen molar-refractivity contribution in [1.29, 1.82) is 0 Å².